The largest absolute Gasteiger partial charge is 0.493 e. The first-order valence-electron chi connectivity index (χ1n) is 10.8. The number of rotatable bonds is 4. The summed E-state index contributed by atoms with van der Waals surface area (Å²) >= 11 is 0. The van der Waals surface area contributed by atoms with Crippen molar-refractivity contribution in [3.63, 3.8) is 0 Å². The lowest BCUT2D eigenvalue weighted by molar-refractivity contribution is -0.137. The molecule has 1 aliphatic heterocycles. The molecule has 1 saturated heterocycles. The van der Waals surface area contributed by atoms with Gasteiger partial charge in [0.15, 0.2) is 11.4 Å². The number of aromatic nitrogens is 6. The molecule has 0 spiro atoms. The maximum atomic E-state index is 13.3. The Kier molecular flexibility index (Phi) is 5.53. The molecule has 10 nitrogen and oxygen atoms in total. The van der Waals surface area contributed by atoms with Gasteiger partial charge in [-0.05, 0) is 25.1 Å². The zero-order valence-corrected chi connectivity index (χ0v) is 18.9. The molecule has 4 heterocycles. The molecule has 0 atom stereocenters. The van der Waals surface area contributed by atoms with E-state index in [-0.39, 0.29) is 23.0 Å². The number of hydrogen-bond acceptors (Lipinski definition) is 7. The lowest BCUT2D eigenvalue weighted by Gasteiger charge is -2.35. The number of benzene rings is 1. The lowest BCUT2D eigenvalue weighted by atomic mass is 10.2. The van der Waals surface area contributed by atoms with Crippen LogP contribution in [-0.4, -0.2) is 73.5 Å². The molecule has 0 bridgehead atoms. The van der Waals surface area contributed by atoms with Crippen molar-refractivity contribution >= 4 is 17.5 Å². The van der Waals surface area contributed by atoms with Crippen LogP contribution in [0.15, 0.2) is 42.9 Å². The number of aryl methyl sites for hydroxylation is 1. The van der Waals surface area contributed by atoms with Gasteiger partial charge in [0.2, 0.25) is 0 Å². The number of amides is 1. The second-order valence-corrected chi connectivity index (χ2v) is 8.05. The summed E-state index contributed by atoms with van der Waals surface area (Å²) in [5.74, 6) is 1.17. The fourth-order valence-corrected chi connectivity index (χ4v) is 4.04. The van der Waals surface area contributed by atoms with Gasteiger partial charge < -0.3 is 14.5 Å². The monoisotopic (exact) mass is 486 g/mol. The van der Waals surface area contributed by atoms with Crippen molar-refractivity contribution in [3.8, 4) is 11.4 Å². The molecule has 0 aliphatic carbocycles. The molecule has 1 amide bonds. The first-order chi connectivity index (χ1) is 16.7. The molecule has 182 valence electrons. The first kappa shape index (κ1) is 22.6. The minimum absolute atomic E-state index is 0.0387. The first-order valence-corrected chi connectivity index (χ1v) is 10.8. The van der Waals surface area contributed by atoms with Crippen molar-refractivity contribution in [2.24, 2.45) is 0 Å². The minimum Gasteiger partial charge on any atom is -0.493 e. The van der Waals surface area contributed by atoms with Crippen molar-refractivity contribution in [1.82, 2.24) is 34.3 Å². The fraction of sp³-hybridized carbons (Fsp3) is 0.318. The van der Waals surface area contributed by atoms with Gasteiger partial charge in [-0.3, -0.25) is 4.79 Å². The zero-order valence-electron chi connectivity index (χ0n) is 18.9. The SMILES string of the molecule is COc1cn(-c2cccc(C(F)(F)F)c2)nc1C(=O)N1CCN(c2cc(C)nc3ncnn23)CC1. The van der Waals surface area contributed by atoms with Crippen LogP contribution < -0.4 is 9.64 Å². The highest BCUT2D eigenvalue weighted by atomic mass is 19.4. The number of carbonyl (C=O) groups is 1. The van der Waals surface area contributed by atoms with Crippen LogP contribution in [0.3, 0.4) is 0 Å². The highest BCUT2D eigenvalue weighted by molar-refractivity contribution is 5.95. The summed E-state index contributed by atoms with van der Waals surface area (Å²) in [6, 6.07) is 6.64. The summed E-state index contributed by atoms with van der Waals surface area (Å²) in [6.45, 7) is 3.79. The molecule has 0 saturated carbocycles. The Bertz CT molecular complexity index is 1390. The number of halogens is 3. The van der Waals surface area contributed by atoms with E-state index in [4.69, 9.17) is 4.74 Å². The molecule has 35 heavy (non-hydrogen) atoms. The number of nitrogens with zero attached hydrogens (tertiary/aromatic N) is 8. The number of ether oxygens (including phenoxy) is 1. The number of carbonyl (C=O) groups excluding carboxylic acids is 1. The van der Waals surface area contributed by atoms with Crippen molar-refractivity contribution in [1.29, 1.82) is 0 Å². The second-order valence-electron chi connectivity index (χ2n) is 8.05. The fourth-order valence-electron chi connectivity index (χ4n) is 4.04. The van der Waals surface area contributed by atoms with E-state index in [9.17, 15) is 18.0 Å². The summed E-state index contributed by atoms with van der Waals surface area (Å²) in [5.41, 5.74) is 0.217. The van der Waals surface area contributed by atoms with Crippen LogP contribution in [0.25, 0.3) is 11.5 Å². The van der Waals surface area contributed by atoms with E-state index in [1.54, 1.807) is 9.42 Å². The Hall–Kier alpha value is -4.16. The average Bonchev–Trinajstić information content (AvgIpc) is 3.50. The Morgan fingerprint density at radius 1 is 1.11 bits per heavy atom. The van der Waals surface area contributed by atoms with Crippen molar-refractivity contribution in [2.75, 3.05) is 38.2 Å². The second kappa shape index (κ2) is 8.56. The van der Waals surface area contributed by atoms with Gasteiger partial charge in [-0.25, -0.2) is 9.67 Å². The molecular formula is C22H21F3N8O2. The molecule has 1 fully saturated rings. The van der Waals surface area contributed by atoms with Crippen LogP contribution in [0.4, 0.5) is 19.0 Å². The normalized spacial score (nSPS) is 14.5. The lowest BCUT2D eigenvalue weighted by Crippen LogP contribution is -2.49. The molecule has 1 aromatic carbocycles. The molecule has 5 rings (SSSR count). The van der Waals surface area contributed by atoms with Gasteiger partial charge in [0.25, 0.3) is 11.7 Å². The van der Waals surface area contributed by atoms with E-state index in [1.165, 1.54) is 36.4 Å². The van der Waals surface area contributed by atoms with Gasteiger partial charge in [0, 0.05) is 37.9 Å². The average molecular weight is 486 g/mol. The summed E-state index contributed by atoms with van der Waals surface area (Å²) in [7, 11) is 1.39. The maximum Gasteiger partial charge on any atom is 0.416 e. The van der Waals surface area contributed by atoms with E-state index in [2.05, 4.69) is 25.1 Å². The van der Waals surface area contributed by atoms with Gasteiger partial charge in [-0.1, -0.05) is 6.07 Å². The predicted molar refractivity (Wildman–Crippen MR) is 119 cm³/mol. The van der Waals surface area contributed by atoms with Crippen LogP contribution in [-0.2, 0) is 6.18 Å². The van der Waals surface area contributed by atoms with E-state index < -0.39 is 11.7 Å². The Morgan fingerprint density at radius 2 is 1.89 bits per heavy atom. The number of piperazine rings is 1. The van der Waals surface area contributed by atoms with E-state index in [1.807, 2.05) is 13.0 Å². The van der Waals surface area contributed by atoms with Crippen molar-refractivity contribution < 1.29 is 22.7 Å². The molecule has 3 aromatic heterocycles. The topological polar surface area (TPSA) is 93.7 Å². The van der Waals surface area contributed by atoms with Crippen molar-refractivity contribution in [3.05, 3.63) is 59.8 Å². The molecular weight excluding hydrogens is 465 g/mol. The van der Waals surface area contributed by atoms with Crippen LogP contribution in [0.1, 0.15) is 21.7 Å². The predicted octanol–water partition coefficient (Wildman–Crippen LogP) is 2.61. The van der Waals surface area contributed by atoms with Crippen LogP contribution in [0, 0.1) is 6.92 Å². The molecule has 13 heteroatoms. The number of anilines is 1. The highest BCUT2D eigenvalue weighted by Crippen LogP contribution is 2.31. The zero-order chi connectivity index (χ0) is 24.7. The maximum absolute atomic E-state index is 13.3. The Labute approximate surface area is 197 Å². The van der Waals surface area contributed by atoms with Crippen molar-refractivity contribution in [2.45, 2.75) is 13.1 Å². The van der Waals surface area contributed by atoms with Crippen LogP contribution in [0.5, 0.6) is 5.75 Å². The van der Waals surface area contributed by atoms with E-state index >= 15 is 0 Å². The Morgan fingerprint density at radius 3 is 2.60 bits per heavy atom. The van der Waals surface area contributed by atoms with Crippen LogP contribution in [0.2, 0.25) is 0 Å². The Balaban J connectivity index is 1.35. The third-order valence-corrected chi connectivity index (χ3v) is 5.79. The van der Waals surface area contributed by atoms with Gasteiger partial charge in [-0.15, -0.1) is 0 Å². The third kappa shape index (κ3) is 4.24. The molecule has 0 radical (unpaired) electrons. The highest BCUT2D eigenvalue weighted by Gasteiger charge is 2.31. The number of hydrogen-bond donors (Lipinski definition) is 0. The summed E-state index contributed by atoms with van der Waals surface area (Å²) < 4.78 is 47.5. The quantitative estimate of drug-likeness (QED) is 0.438. The van der Waals surface area contributed by atoms with Gasteiger partial charge >= 0.3 is 6.18 Å². The van der Waals surface area contributed by atoms with E-state index in [0.717, 1.165) is 23.6 Å². The minimum atomic E-state index is -4.49. The molecule has 0 N–H and O–H groups in total. The molecule has 1 aliphatic rings. The third-order valence-electron chi connectivity index (χ3n) is 5.79. The standard InChI is InChI=1S/C22H21F3N8O2/c1-14-10-18(33-21(28-14)26-13-27-33)30-6-8-31(9-7-30)20(34)19-17(35-2)12-32(29-19)16-5-3-4-15(11-16)22(23,24)25/h3-5,10-13H,6-9H2,1-2H3. The van der Waals surface area contributed by atoms with Gasteiger partial charge in [-0.2, -0.15) is 32.9 Å². The number of fused-ring (bicyclic) bond motifs is 1. The van der Waals surface area contributed by atoms with E-state index in [0.29, 0.717) is 32.0 Å². The number of alkyl halides is 3. The van der Waals surface area contributed by atoms with Gasteiger partial charge in [0.1, 0.15) is 12.1 Å². The summed E-state index contributed by atoms with van der Waals surface area (Å²) in [5, 5.41) is 8.49. The van der Waals surface area contributed by atoms with Crippen LogP contribution >= 0.6 is 0 Å². The smallest absolute Gasteiger partial charge is 0.416 e. The number of methoxy groups -OCH3 is 1. The summed E-state index contributed by atoms with van der Waals surface area (Å²) in [4.78, 5) is 25.5. The molecule has 0 unspecified atom stereocenters. The van der Waals surface area contributed by atoms with Gasteiger partial charge in [0.05, 0.1) is 24.6 Å². The molecule has 4 aromatic rings. The summed E-state index contributed by atoms with van der Waals surface area (Å²) in [6.07, 6.45) is -1.64.